The van der Waals surface area contributed by atoms with Crippen molar-refractivity contribution in [1.29, 1.82) is 0 Å². The normalized spacial score (nSPS) is 17.5. The van der Waals surface area contributed by atoms with Crippen molar-refractivity contribution in [2.24, 2.45) is 0 Å². The monoisotopic (exact) mass is 422 g/mol. The Morgan fingerprint density at radius 1 is 1.15 bits per heavy atom. The molecule has 2 aromatic carbocycles. The maximum absolute atomic E-state index is 13.0. The van der Waals surface area contributed by atoms with Crippen LogP contribution in [0.4, 0.5) is 5.69 Å². The van der Waals surface area contributed by atoms with Crippen molar-refractivity contribution in [2.75, 3.05) is 5.32 Å². The zero-order valence-electron chi connectivity index (χ0n) is 14.7. The van der Waals surface area contributed by atoms with Crippen LogP contribution in [-0.2, 0) is 10.2 Å². The summed E-state index contributed by atoms with van der Waals surface area (Å²) in [6.45, 7) is 0. The van der Waals surface area contributed by atoms with E-state index in [1.807, 2.05) is 48.5 Å². The van der Waals surface area contributed by atoms with Crippen molar-refractivity contribution in [1.82, 2.24) is 15.2 Å². The van der Waals surface area contributed by atoms with E-state index in [0.29, 0.717) is 11.7 Å². The van der Waals surface area contributed by atoms with Crippen molar-refractivity contribution in [3.05, 3.63) is 64.4 Å². The number of carbonyl (C=O) groups excluding carboxylic acids is 1. The number of hydrogen-bond donors (Lipinski definition) is 2. The van der Waals surface area contributed by atoms with Crippen molar-refractivity contribution in [3.8, 4) is 11.4 Å². The molecule has 0 aliphatic heterocycles. The van der Waals surface area contributed by atoms with Crippen LogP contribution in [0.3, 0.4) is 0 Å². The highest BCUT2D eigenvalue weighted by atomic mass is 79.9. The van der Waals surface area contributed by atoms with Gasteiger partial charge in [-0.1, -0.05) is 40.2 Å². The molecule has 0 atom stereocenters. The number of rotatable bonds is 5. The van der Waals surface area contributed by atoms with Gasteiger partial charge in [-0.25, -0.2) is 4.98 Å². The van der Waals surface area contributed by atoms with Gasteiger partial charge in [0.1, 0.15) is 5.82 Å². The van der Waals surface area contributed by atoms with Gasteiger partial charge in [-0.05, 0) is 55.5 Å². The first-order valence-electron chi connectivity index (χ1n) is 9.24. The Labute approximate surface area is 165 Å². The molecule has 1 amide bonds. The highest BCUT2D eigenvalue weighted by molar-refractivity contribution is 9.10. The summed E-state index contributed by atoms with van der Waals surface area (Å²) in [4.78, 5) is 17.6. The molecule has 0 unspecified atom stereocenters. The molecule has 2 aliphatic rings. The Morgan fingerprint density at radius 2 is 1.93 bits per heavy atom. The van der Waals surface area contributed by atoms with Crippen LogP contribution in [0.2, 0.25) is 0 Å². The predicted molar refractivity (Wildman–Crippen MR) is 107 cm³/mol. The number of amides is 1. The molecular weight excluding hydrogens is 404 g/mol. The number of halogens is 1. The van der Waals surface area contributed by atoms with Crippen molar-refractivity contribution in [3.63, 3.8) is 0 Å². The average Bonchev–Trinajstić information content (AvgIpc) is 3.61. The predicted octanol–water partition coefficient (Wildman–Crippen LogP) is 4.78. The average molecular weight is 423 g/mol. The highest BCUT2D eigenvalue weighted by Crippen LogP contribution is 2.49. The summed E-state index contributed by atoms with van der Waals surface area (Å²) in [7, 11) is 0. The van der Waals surface area contributed by atoms with Crippen LogP contribution in [0.5, 0.6) is 0 Å². The van der Waals surface area contributed by atoms with E-state index in [0.717, 1.165) is 40.0 Å². The lowest BCUT2D eigenvalue weighted by Gasteiger charge is -2.16. The Hall–Kier alpha value is -2.47. The first-order valence-corrected chi connectivity index (χ1v) is 10.0. The number of hydrogen-bond acceptors (Lipinski definition) is 3. The molecule has 2 fully saturated rings. The van der Waals surface area contributed by atoms with Gasteiger partial charge in [0.05, 0.1) is 5.41 Å². The standard InChI is InChI=1S/C21H19BrN4O/c22-16-8-6-15(7-9-16)21(10-11-21)20(27)23-17-3-1-2-14(12-17)19-24-18(25-26-19)13-4-5-13/h1-3,6-9,12-13H,4-5,10-11H2,(H,23,27)(H,24,25,26). The summed E-state index contributed by atoms with van der Waals surface area (Å²) < 4.78 is 1.02. The molecule has 136 valence electrons. The smallest absolute Gasteiger partial charge is 0.235 e. The first-order chi connectivity index (χ1) is 13.1. The molecule has 0 bridgehead atoms. The van der Waals surface area contributed by atoms with Crippen LogP contribution in [0.15, 0.2) is 53.0 Å². The topological polar surface area (TPSA) is 70.7 Å². The van der Waals surface area contributed by atoms with E-state index in [2.05, 4.69) is 36.4 Å². The molecule has 6 heteroatoms. The van der Waals surface area contributed by atoms with E-state index in [1.54, 1.807) is 0 Å². The van der Waals surface area contributed by atoms with E-state index in [9.17, 15) is 4.79 Å². The Kier molecular flexibility index (Phi) is 3.90. The van der Waals surface area contributed by atoms with E-state index in [1.165, 1.54) is 12.8 Å². The summed E-state index contributed by atoms with van der Waals surface area (Å²) in [6.07, 6.45) is 4.13. The lowest BCUT2D eigenvalue weighted by molar-refractivity contribution is -0.118. The lowest BCUT2D eigenvalue weighted by atomic mass is 9.95. The Bertz CT molecular complexity index is 1000. The fourth-order valence-corrected chi connectivity index (χ4v) is 3.73. The molecule has 2 N–H and O–H groups in total. The molecule has 3 aromatic rings. The van der Waals surface area contributed by atoms with Crippen LogP contribution in [0.25, 0.3) is 11.4 Å². The summed E-state index contributed by atoms with van der Waals surface area (Å²) in [5.41, 5.74) is 2.35. The van der Waals surface area contributed by atoms with Gasteiger partial charge in [-0.3, -0.25) is 9.89 Å². The zero-order valence-corrected chi connectivity index (χ0v) is 16.3. The number of nitrogens with zero attached hydrogens (tertiary/aromatic N) is 2. The van der Waals surface area contributed by atoms with Gasteiger partial charge in [0.2, 0.25) is 5.91 Å². The summed E-state index contributed by atoms with van der Waals surface area (Å²) >= 11 is 3.45. The summed E-state index contributed by atoms with van der Waals surface area (Å²) in [6, 6.07) is 15.8. The minimum absolute atomic E-state index is 0.0515. The largest absolute Gasteiger partial charge is 0.325 e. The molecule has 2 saturated carbocycles. The maximum atomic E-state index is 13.0. The molecule has 1 heterocycles. The first kappa shape index (κ1) is 16.7. The lowest BCUT2D eigenvalue weighted by Crippen LogP contribution is -2.27. The molecule has 1 aromatic heterocycles. The molecule has 2 aliphatic carbocycles. The number of benzene rings is 2. The SMILES string of the molecule is O=C(Nc1cccc(-c2n[nH]c(C3CC3)n2)c1)C1(c2ccc(Br)cc2)CC1. The zero-order chi connectivity index (χ0) is 18.4. The second-order valence-electron chi connectivity index (χ2n) is 7.44. The third kappa shape index (κ3) is 3.18. The second-order valence-corrected chi connectivity index (χ2v) is 8.36. The van der Waals surface area contributed by atoms with Gasteiger partial charge in [0.25, 0.3) is 0 Å². The highest BCUT2D eigenvalue weighted by Gasteiger charge is 2.51. The number of nitrogens with one attached hydrogen (secondary N) is 2. The third-order valence-corrected chi connectivity index (χ3v) is 5.96. The van der Waals surface area contributed by atoms with Crippen LogP contribution in [-0.4, -0.2) is 21.1 Å². The molecule has 5 nitrogen and oxygen atoms in total. The number of aromatic amines is 1. The number of carbonyl (C=O) groups is 1. The summed E-state index contributed by atoms with van der Waals surface area (Å²) in [5, 5.41) is 10.5. The number of aromatic nitrogens is 3. The Morgan fingerprint density at radius 3 is 2.63 bits per heavy atom. The summed E-state index contributed by atoms with van der Waals surface area (Å²) in [5.74, 6) is 2.24. The van der Waals surface area contributed by atoms with Crippen LogP contribution in [0, 0.1) is 0 Å². The van der Waals surface area contributed by atoms with Crippen LogP contribution in [0.1, 0.15) is 43.0 Å². The van der Waals surface area contributed by atoms with Crippen LogP contribution < -0.4 is 5.32 Å². The number of H-pyrrole nitrogens is 1. The van der Waals surface area contributed by atoms with Gasteiger partial charge in [-0.2, -0.15) is 5.10 Å². The van der Waals surface area contributed by atoms with E-state index >= 15 is 0 Å². The van der Waals surface area contributed by atoms with E-state index in [4.69, 9.17) is 0 Å². The van der Waals surface area contributed by atoms with Crippen molar-refractivity contribution in [2.45, 2.75) is 37.0 Å². The van der Waals surface area contributed by atoms with E-state index in [-0.39, 0.29) is 5.91 Å². The molecule has 0 radical (unpaired) electrons. The molecule has 5 rings (SSSR count). The maximum Gasteiger partial charge on any atom is 0.235 e. The van der Waals surface area contributed by atoms with Gasteiger partial charge in [-0.15, -0.1) is 0 Å². The van der Waals surface area contributed by atoms with Gasteiger partial charge in [0, 0.05) is 21.6 Å². The molecule has 0 saturated heterocycles. The molecule has 0 spiro atoms. The quantitative estimate of drug-likeness (QED) is 0.621. The van der Waals surface area contributed by atoms with Gasteiger partial charge in [0.15, 0.2) is 5.82 Å². The van der Waals surface area contributed by atoms with Gasteiger partial charge >= 0.3 is 0 Å². The molecular formula is C21H19BrN4O. The minimum Gasteiger partial charge on any atom is -0.325 e. The Balaban J connectivity index is 1.36. The fraction of sp³-hybridized carbons (Fsp3) is 0.286. The second kappa shape index (κ2) is 6.30. The molecule has 27 heavy (non-hydrogen) atoms. The minimum atomic E-state index is -0.402. The van der Waals surface area contributed by atoms with Gasteiger partial charge < -0.3 is 5.32 Å². The van der Waals surface area contributed by atoms with Crippen molar-refractivity contribution >= 4 is 27.5 Å². The van der Waals surface area contributed by atoms with E-state index < -0.39 is 5.41 Å². The van der Waals surface area contributed by atoms with Crippen LogP contribution >= 0.6 is 15.9 Å². The third-order valence-electron chi connectivity index (χ3n) is 5.43. The fourth-order valence-electron chi connectivity index (χ4n) is 3.47. The number of anilines is 1. The van der Waals surface area contributed by atoms with Crippen molar-refractivity contribution < 1.29 is 4.79 Å².